The van der Waals surface area contributed by atoms with E-state index >= 15 is 0 Å². The number of nitrogens with one attached hydrogen (secondary N) is 1. The lowest BCUT2D eigenvalue weighted by atomic mass is 9.81. The molecule has 22 heavy (non-hydrogen) atoms. The fraction of sp³-hybridized carbons (Fsp3) is 0.714. The SMILES string of the molecule is CCC(CNC(=O)OC(C)(C)C)(Cc1ncnn1C)C(=O)O. The predicted octanol–water partition coefficient (Wildman–Crippen LogP) is 1.36. The molecule has 8 heteroatoms. The van der Waals surface area contributed by atoms with Gasteiger partial charge >= 0.3 is 12.1 Å². The van der Waals surface area contributed by atoms with Gasteiger partial charge in [0, 0.05) is 20.0 Å². The number of carbonyl (C=O) groups is 2. The third kappa shape index (κ3) is 4.71. The Morgan fingerprint density at radius 1 is 1.41 bits per heavy atom. The molecule has 1 rings (SSSR count). The lowest BCUT2D eigenvalue weighted by Gasteiger charge is -2.28. The van der Waals surface area contributed by atoms with E-state index in [0.717, 1.165) is 0 Å². The van der Waals surface area contributed by atoms with Crippen molar-refractivity contribution in [1.82, 2.24) is 20.1 Å². The average molecular weight is 312 g/mol. The molecule has 0 radical (unpaired) electrons. The molecule has 0 bridgehead atoms. The molecule has 1 heterocycles. The second-order valence-corrected chi connectivity index (χ2v) is 6.27. The first-order valence-electron chi connectivity index (χ1n) is 7.13. The highest BCUT2D eigenvalue weighted by molar-refractivity contribution is 5.76. The summed E-state index contributed by atoms with van der Waals surface area (Å²) in [4.78, 5) is 27.6. The highest BCUT2D eigenvalue weighted by Gasteiger charge is 2.39. The number of hydrogen-bond acceptors (Lipinski definition) is 5. The number of ether oxygens (including phenoxy) is 1. The molecule has 0 saturated heterocycles. The van der Waals surface area contributed by atoms with Gasteiger partial charge in [0.1, 0.15) is 17.8 Å². The van der Waals surface area contributed by atoms with E-state index in [-0.39, 0.29) is 13.0 Å². The molecule has 1 aromatic rings. The van der Waals surface area contributed by atoms with E-state index in [1.807, 2.05) is 0 Å². The smallest absolute Gasteiger partial charge is 0.407 e. The number of hydrogen-bond donors (Lipinski definition) is 2. The van der Waals surface area contributed by atoms with Gasteiger partial charge in [0.2, 0.25) is 0 Å². The number of aromatic nitrogens is 3. The molecule has 1 unspecified atom stereocenters. The van der Waals surface area contributed by atoms with Crippen molar-refractivity contribution < 1.29 is 19.4 Å². The summed E-state index contributed by atoms with van der Waals surface area (Å²) in [5.41, 5.74) is -1.79. The molecule has 0 saturated carbocycles. The number of carboxylic acid groups (broad SMARTS) is 1. The average Bonchev–Trinajstić information content (AvgIpc) is 2.77. The van der Waals surface area contributed by atoms with E-state index in [0.29, 0.717) is 12.2 Å². The van der Waals surface area contributed by atoms with Crippen LogP contribution in [0.5, 0.6) is 0 Å². The van der Waals surface area contributed by atoms with Crippen molar-refractivity contribution in [3.8, 4) is 0 Å². The number of rotatable bonds is 6. The minimum Gasteiger partial charge on any atom is -0.481 e. The molecule has 0 aromatic carbocycles. The van der Waals surface area contributed by atoms with Gasteiger partial charge in [-0.3, -0.25) is 9.48 Å². The maximum atomic E-state index is 11.8. The zero-order valence-corrected chi connectivity index (χ0v) is 13.7. The monoisotopic (exact) mass is 312 g/mol. The molecule has 1 amide bonds. The van der Waals surface area contributed by atoms with Gasteiger partial charge in [-0.05, 0) is 27.2 Å². The molecule has 0 aliphatic heterocycles. The van der Waals surface area contributed by atoms with E-state index in [1.165, 1.54) is 11.0 Å². The second kappa shape index (κ2) is 6.76. The van der Waals surface area contributed by atoms with Crippen LogP contribution in [-0.4, -0.2) is 44.1 Å². The van der Waals surface area contributed by atoms with Crippen LogP contribution in [0.2, 0.25) is 0 Å². The predicted molar refractivity (Wildman–Crippen MR) is 79.3 cm³/mol. The van der Waals surface area contributed by atoms with Crippen LogP contribution in [0.1, 0.15) is 39.9 Å². The van der Waals surface area contributed by atoms with E-state index in [1.54, 1.807) is 34.7 Å². The van der Waals surface area contributed by atoms with Crippen molar-refractivity contribution in [3.05, 3.63) is 12.2 Å². The third-order valence-corrected chi connectivity index (χ3v) is 3.40. The zero-order chi connectivity index (χ0) is 17.0. The summed E-state index contributed by atoms with van der Waals surface area (Å²) < 4.78 is 6.67. The van der Waals surface area contributed by atoms with Gasteiger partial charge in [-0.25, -0.2) is 9.78 Å². The number of carbonyl (C=O) groups excluding carboxylic acids is 1. The van der Waals surface area contributed by atoms with Crippen molar-refractivity contribution in [2.24, 2.45) is 12.5 Å². The van der Waals surface area contributed by atoms with E-state index < -0.39 is 23.1 Å². The van der Waals surface area contributed by atoms with Crippen molar-refractivity contribution in [1.29, 1.82) is 0 Å². The Bertz CT molecular complexity index is 535. The van der Waals surface area contributed by atoms with E-state index in [4.69, 9.17) is 4.74 Å². The highest BCUT2D eigenvalue weighted by Crippen LogP contribution is 2.26. The van der Waals surface area contributed by atoms with Crippen LogP contribution in [-0.2, 0) is 23.0 Å². The van der Waals surface area contributed by atoms with Crippen LogP contribution >= 0.6 is 0 Å². The van der Waals surface area contributed by atoms with Crippen LogP contribution < -0.4 is 5.32 Å². The van der Waals surface area contributed by atoms with Crippen molar-refractivity contribution >= 4 is 12.1 Å². The Balaban J connectivity index is 2.82. The lowest BCUT2D eigenvalue weighted by Crippen LogP contribution is -2.46. The maximum Gasteiger partial charge on any atom is 0.407 e. The van der Waals surface area contributed by atoms with E-state index in [2.05, 4.69) is 15.4 Å². The molecule has 0 aliphatic rings. The summed E-state index contributed by atoms with van der Waals surface area (Å²) in [5, 5.41) is 16.1. The summed E-state index contributed by atoms with van der Waals surface area (Å²) in [6.07, 6.45) is 1.25. The van der Waals surface area contributed by atoms with Crippen LogP contribution in [0.25, 0.3) is 0 Å². The molecule has 1 aromatic heterocycles. The van der Waals surface area contributed by atoms with Gasteiger partial charge in [0.15, 0.2) is 0 Å². The molecule has 0 aliphatic carbocycles. The minimum atomic E-state index is -1.16. The first kappa shape index (κ1) is 17.9. The Hall–Kier alpha value is -2.12. The van der Waals surface area contributed by atoms with Crippen LogP contribution in [0.4, 0.5) is 4.79 Å². The molecular weight excluding hydrogens is 288 g/mol. The van der Waals surface area contributed by atoms with Crippen LogP contribution in [0, 0.1) is 5.41 Å². The molecule has 124 valence electrons. The Labute approximate surface area is 129 Å². The Morgan fingerprint density at radius 3 is 2.45 bits per heavy atom. The standard InChI is InChI=1S/C14H24N4O4/c1-6-14(11(19)20,7-10-16-9-17-18(10)5)8-15-12(21)22-13(2,3)4/h9H,6-8H2,1-5H3,(H,15,21)(H,19,20). The van der Waals surface area contributed by atoms with Crippen molar-refractivity contribution in [2.45, 2.75) is 46.1 Å². The van der Waals surface area contributed by atoms with Gasteiger partial charge in [-0.2, -0.15) is 5.10 Å². The number of alkyl carbamates (subject to hydrolysis) is 1. The van der Waals surface area contributed by atoms with Crippen LogP contribution in [0.3, 0.4) is 0 Å². The maximum absolute atomic E-state index is 11.8. The molecule has 0 spiro atoms. The van der Waals surface area contributed by atoms with Gasteiger partial charge in [0.05, 0.1) is 5.41 Å². The van der Waals surface area contributed by atoms with Gasteiger partial charge in [0.25, 0.3) is 0 Å². The van der Waals surface area contributed by atoms with Crippen molar-refractivity contribution in [3.63, 3.8) is 0 Å². The van der Waals surface area contributed by atoms with E-state index in [9.17, 15) is 14.7 Å². The minimum absolute atomic E-state index is 0.0411. The summed E-state index contributed by atoms with van der Waals surface area (Å²) in [7, 11) is 1.70. The summed E-state index contributed by atoms with van der Waals surface area (Å²) in [6.45, 7) is 6.96. The normalized spacial score (nSPS) is 14.2. The largest absolute Gasteiger partial charge is 0.481 e. The van der Waals surface area contributed by atoms with Gasteiger partial charge in [-0.1, -0.05) is 6.92 Å². The number of nitrogens with zero attached hydrogens (tertiary/aromatic N) is 3. The number of carboxylic acids is 1. The molecule has 0 fully saturated rings. The Morgan fingerprint density at radius 2 is 2.05 bits per heavy atom. The second-order valence-electron chi connectivity index (χ2n) is 6.27. The summed E-state index contributed by atoms with van der Waals surface area (Å²) in [6, 6.07) is 0. The first-order chi connectivity index (χ1) is 10.1. The van der Waals surface area contributed by atoms with Crippen LogP contribution in [0.15, 0.2) is 6.33 Å². The topological polar surface area (TPSA) is 106 Å². The first-order valence-corrected chi connectivity index (χ1v) is 7.13. The quantitative estimate of drug-likeness (QED) is 0.821. The van der Waals surface area contributed by atoms with Gasteiger partial charge in [-0.15, -0.1) is 0 Å². The number of aliphatic carboxylic acids is 1. The molecule has 8 nitrogen and oxygen atoms in total. The van der Waals surface area contributed by atoms with Gasteiger partial charge < -0.3 is 15.2 Å². The Kier molecular flexibility index (Phi) is 5.51. The zero-order valence-electron chi connectivity index (χ0n) is 13.7. The van der Waals surface area contributed by atoms with Crippen molar-refractivity contribution in [2.75, 3.05) is 6.54 Å². The summed E-state index contributed by atoms with van der Waals surface area (Å²) >= 11 is 0. The molecule has 2 N–H and O–H groups in total. The fourth-order valence-electron chi connectivity index (χ4n) is 1.95. The molecular formula is C14H24N4O4. The summed E-state index contributed by atoms with van der Waals surface area (Å²) in [5.74, 6) is -0.440. The lowest BCUT2D eigenvalue weighted by molar-refractivity contribution is -0.149. The fourth-order valence-corrected chi connectivity index (χ4v) is 1.95. The number of aryl methyl sites for hydroxylation is 1. The molecule has 1 atom stereocenters. The number of amides is 1. The third-order valence-electron chi connectivity index (χ3n) is 3.40. The highest BCUT2D eigenvalue weighted by atomic mass is 16.6.